The highest BCUT2D eigenvalue weighted by molar-refractivity contribution is 7.13. The van der Waals surface area contributed by atoms with Gasteiger partial charge in [0.15, 0.2) is 5.13 Å². The second-order valence-corrected chi connectivity index (χ2v) is 4.52. The molecule has 2 aromatic rings. The lowest BCUT2D eigenvalue weighted by Gasteiger charge is -2.07. The Labute approximate surface area is 94.0 Å². The Bertz CT molecular complexity index is 435. The van der Waals surface area contributed by atoms with Gasteiger partial charge < -0.3 is 5.32 Å². The van der Waals surface area contributed by atoms with Crippen LogP contribution in [0.1, 0.15) is 16.7 Å². The maximum Gasteiger partial charge on any atom is 0.182 e. The van der Waals surface area contributed by atoms with Crippen molar-refractivity contribution in [2.75, 3.05) is 5.32 Å². The zero-order valence-electron chi connectivity index (χ0n) is 8.95. The van der Waals surface area contributed by atoms with Crippen LogP contribution in [0.5, 0.6) is 0 Å². The third kappa shape index (κ3) is 2.57. The number of thiazole rings is 1. The zero-order chi connectivity index (χ0) is 10.7. The summed E-state index contributed by atoms with van der Waals surface area (Å²) in [5, 5.41) is 6.28. The Balaban J connectivity index is 2.07. The molecule has 0 aliphatic rings. The summed E-state index contributed by atoms with van der Waals surface area (Å²) >= 11 is 1.63. The van der Waals surface area contributed by atoms with Crippen LogP contribution in [0.3, 0.4) is 0 Å². The normalized spacial score (nSPS) is 10.3. The van der Waals surface area contributed by atoms with Gasteiger partial charge in [0.1, 0.15) is 0 Å². The highest BCUT2D eigenvalue weighted by Crippen LogP contribution is 2.15. The fraction of sp³-hybridized carbons (Fsp3) is 0.250. The van der Waals surface area contributed by atoms with E-state index in [4.69, 9.17) is 0 Å². The molecule has 0 saturated carbocycles. The highest BCUT2D eigenvalue weighted by atomic mass is 32.1. The van der Waals surface area contributed by atoms with Crippen molar-refractivity contribution in [3.05, 3.63) is 46.5 Å². The monoisotopic (exact) mass is 218 g/mol. The number of anilines is 1. The average molecular weight is 218 g/mol. The summed E-state index contributed by atoms with van der Waals surface area (Å²) in [5.74, 6) is 0. The van der Waals surface area contributed by atoms with Gasteiger partial charge in [0.2, 0.25) is 0 Å². The van der Waals surface area contributed by atoms with E-state index in [2.05, 4.69) is 42.3 Å². The number of aryl methyl sites for hydroxylation is 2. The fourth-order valence-corrected chi connectivity index (χ4v) is 2.00. The van der Waals surface area contributed by atoms with Crippen molar-refractivity contribution in [2.45, 2.75) is 20.4 Å². The Morgan fingerprint density at radius 1 is 1.33 bits per heavy atom. The van der Waals surface area contributed by atoms with E-state index in [9.17, 15) is 0 Å². The molecule has 1 N–H and O–H groups in total. The molecule has 0 fully saturated rings. The molecule has 0 aliphatic heterocycles. The Hall–Kier alpha value is -1.35. The molecule has 1 aromatic heterocycles. The molecule has 0 radical (unpaired) electrons. The molecule has 1 heterocycles. The standard InChI is InChI=1S/C12H14N2S/c1-9-3-4-10(2)11(7-9)8-14-12-13-5-6-15-12/h3-7H,8H2,1-2H3,(H,13,14). The highest BCUT2D eigenvalue weighted by Gasteiger charge is 1.99. The van der Waals surface area contributed by atoms with Crippen LogP contribution in [0.4, 0.5) is 5.13 Å². The van der Waals surface area contributed by atoms with Crippen molar-refractivity contribution in [1.82, 2.24) is 4.98 Å². The third-order valence-electron chi connectivity index (χ3n) is 2.37. The van der Waals surface area contributed by atoms with Crippen molar-refractivity contribution < 1.29 is 0 Å². The van der Waals surface area contributed by atoms with Crippen molar-refractivity contribution in [2.24, 2.45) is 0 Å². The quantitative estimate of drug-likeness (QED) is 0.854. The Morgan fingerprint density at radius 2 is 2.20 bits per heavy atom. The lowest BCUT2D eigenvalue weighted by Crippen LogP contribution is -2.01. The van der Waals surface area contributed by atoms with Crippen molar-refractivity contribution in [3.8, 4) is 0 Å². The molecule has 0 atom stereocenters. The molecule has 2 rings (SSSR count). The minimum absolute atomic E-state index is 0.848. The summed E-state index contributed by atoms with van der Waals surface area (Å²) in [5.41, 5.74) is 3.96. The number of hydrogen-bond acceptors (Lipinski definition) is 3. The molecule has 1 aromatic carbocycles. The van der Waals surface area contributed by atoms with Gasteiger partial charge >= 0.3 is 0 Å². The van der Waals surface area contributed by atoms with E-state index < -0.39 is 0 Å². The number of rotatable bonds is 3. The molecule has 3 heteroatoms. The Kier molecular flexibility index (Phi) is 3.02. The maximum atomic E-state index is 4.19. The predicted octanol–water partition coefficient (Wildman–Crippen LogP) is 3.37. The van der Waals surface area contributed by atoms with Crippen LogP contribution in [0.25, 0.3) is 0 Å². The minimum Gasteiger partial charge on any atom is -0.357 e. The van der Waals surface area contributed by atoms with Gasteiger partial charge in [0, 0.05) is 18.1 Å². The molecule has 78 valence electrons. The van der Waals surface area contributed by atoms with E-state index in [1.165, 1.54) is 16.7 Å². The molecule has 2 nitrogen and oxygen atoms in total. The molecular formula is C12H14N2S. The second kappa shape index (κ2) is 4.45. The number of nitrogens with zero attached hydrogens (tertiary/aromatic N) is 1. The third-order valence-corrected chi connectivity index (χ3v) is 3.10. The average Bonchev–Trinajstić information content (AvgIpc) is 2.72. The van der Waals surface area contributed by atoms with Crippen LogP contribution in [0, 0.1) is 13.8 Å². The van der Waals surface area contributed by atoms with Gasteiger partial charge in [-0.3, -0.25) is 0 Å². The fourth-order valence-electron chi connectivity index (χ4n) is 1.47. The summed E-state index contributed by atoms with van der Waals surface area (Å²) in [6, 6.07) is 6.52. The first-order valence-corrected chi connectivity index (χ1v) is 5.83. The molecule has 15 heavy (non-hydrogen) atoms. The van der Waals surface area contributed by atoms with Gasteiger partial charge in [-0.15, -0.1) is 11.3 Å². The summed E-state index contributed by atoms with van der Waals surface area (Å²) in [6.07, 6.45) is 1.82. The summed E-state index contributed by atoms with van der Waals surface area (Å²) in [7, 11) is 0. The first-order valence-electron chi connectivity index (χ1n) is 4.95. The lowest BCUT2D eigenvalue weighted by molar-refractivity contribution is 1.10. The SMILES string of the molecule is Cc1ccc(C)c(CNc2nccs2)c1. The molecular weight excluding hydrogens is 204 g/mol. The van der Waals surface area contributed by atoms with Gasteiger partial charge in [0.05, 0.1) is 0 Å². The maximum absolute atomic E-state index is 4.19. The van der Waals surface area contributed by atoms with Crippen LogP contribution in [-0.2, 0) is 6.54 Å². The van der Waals surface area contributed by atoms with Crippen LogP contribution in [0.15, 0.2) is 29.8 Å². The lowest BCUT2D eigenvalue weighted by atomic mass is 10.1. The molecule has 0 saturated heterocycles. The van der Waals surface area contributed by atoms with E-state index in [-0.39, 0.29) is 0 Å². The first kappa shape index (κ1) is 10.2. The molecule has 0 aliphatic carbocycles. The number of hydrogen-bond donors (Lipinski definition) is 1. The van der Waals surface area contributed by atoms with E-state index in [0.29, 0.717) is 0 Å². The Morgan fingerprint density at radius 3 is 2.93 bits per heavy atom. The van der Waals surface area contributed by atoms with E-state index in [1.54, 1.807) is 11.3 Å². The van der Waals surface area contributed by atoms with E-state index in [1.807, 2.05) is 11.6 Å². The van der Waals surface area contributed by atoms with Crippen molar-refractivity contribution in [3.63, 3.8) is 0 Å². The summed E-state index contributed by atoms with van der Waals surface area (Å²) in [6.45, 7) is 5.10. The molecule has 0 unspecified atom stereocenters. The van der Waals surface area contributed by atoms with Crippen LogP contribution < -0.4 is 5.32 Å². The van der Waals surface area contributed by atoms with Gasteiger partial charge in [-0.1, -0.05) is 23.8 Å². The van der Waals surface area contributed by atoms with Gasteiger partial charge in [-0.05, 0) is 25.0 Å². The topological polar surface area (TPSA) is 24.9 Å². The van der Waals surface area contributed by atoms with Crippen molar-refractivity contribution in [1.29, 1.82) is 0 Å². The first-order chi connectivity index (χ1) is 7.25. The van der Waals surface area contributed by atoms with Gasteiger partial charge in [0.25, 0.3) is 0 Å². The largest absolute Gasteiger partial charge is 0.357 e. The molecule has 0 amide bonds. The van der Waals surface area contributed by atoms with Crippen molar-refractivity contribution >= 4 is 16.5 Å². The smallest absolute Gasteiger partial charge is 0.182 e. The van der Waals surface area contributed by atoms with E-state index >= 15 is 0 Å². The second-order valence-electron chi connectivity index (χ2n) is 3.62. The summed E-state index contributed by atoms with van der Waals surface area (Å²) in [4.78, 5) is 4.19. The van der Waals surface area contributed by atoms with Crippen LogP contribution in [0.2, 0.25) is 0 Å². The minimum atomic E-state index is 0.848. The number of aromatic nitrogens is 1. The van der Waals surface area contributed by atoms with E-state index in [0.717, 1.165) is 11.7 Å². The number of nitrogens with one attached hydrogen (secondary N) is 1. The van der Waals surface area contributed by atoms with Crippen LogP contribution in [-0.4, -0.2) is 4.98 Å². The molecule has 0 bridgehead atoms. The van der Waals surface area contributed by atoms with Crippen LogP contribution >= 0.6 is 11.3 Å². The number of benzene rings is 1. The predicted molar refractivity (Wildman–Crippen MR) is 65.4 cm³/mol. The summed E-state index contributed by atoms with van der Waals surface area (Å²) < 4.78 is 0. The van der Waals surface area contributed by atoms with Gasteiger partial charge in [-0.25, -0.2) is 4.98 Å². The molecule has 0 spiro atoms. The van der Waals surface area contributed by atoms with Gasteiger partial charge in [-0.2, -0.15) is 0 Å². The zero-order valence-corrected chi connectivity index (χ0v) is 9.77.